The van der Waals surface area contributed by atoms with Crippen LogP contribution in [0.3, 0.4) is 0 Å². The number of fused-ring (bicyclic) bond motifs is 1. The van der Waals surface area contributed by atoms with E-state index >= 15 is 0 Å². The van der Waals surface area contributed by atoms with Gasteiger partial charge in [-0.05, 0) is 42.8 Å². The Morgan fingerprint density at radius 2 is 2.00 bits per heavy atom. The van der Waals surface area contributed by atoms with Gasteiger partial charge in [-0.2, -0.15) is 0 Å². The van der Waals surface area contributed by atoms with Crippen molar-refractivity contribution in [2.45, 2.75) is 6.92 Å². The van der Waals surface area contributed by atoms with E-state index in [4.69, 9.17) is 0 Å². The van der Waals surface area contributed by atoms with Crippen LogP contribution in [0.1, 0.15) is 15.9 Å². The smallest absolute Gasteiger partial charge is 0.295 e. The van der Waals surface area contributed by atoms with Crippen molar-refractivity contribution in [1.82, 2.24) is 4.98 Å². The number of nitrogens with one attached hydrogen (secondary N) is 1. The van der Waals surface area contributed by atoms with Crippen LogP contribution in [0.4, 0.5) is 5.69 Å². The van der Waals surface area contributed by atoms with E-state index in [1.165, 1.54) is 18.2 Å². The molecular weight excluding hydrogens is 362 g/mol. The van der Waals surface area contributed by atoms with Gasteiger partial charge in [-0.25, -0.2) is 0 Å². The highest BCUT2D eigenvalue weighted by molar-refractivity contribution is 9.10. The Balaban J connectivity index is 2.01. The fraction of sp³-hybridized carbons (Fsp3) is 0.0625. The van der Waals surface area contributed by atoms with Crippen molar-refractivity contribution < 1.29 is 15.0 Å². The first-order chi connectivity index (χ1) is 11.0. The first-order valence-corrected chi connectivity index (χ1v) is 7.51. The van der Waals surface area contributed by atoms with Gasteiger partial charge in [-0.1, -0.05) is 22.0 Å². The molecule has 0 aliphatic heterocycles. The van der Waals surface area contributed by atoms with Crippen molar-refractivity contribution >= 4 is 38.4 Å². The predicted molar refractivity (Wildman–Crippen MR) is 89.4 cm³/mol. The zero-order chi connectivity index (χ0) is 16.6. The summed E-state index contributed by atoms with van der Waals surface area (Å²) in [6.45, 7) is 1.89. The third kappa shape index (κ3) is 2.95. The molecule has 0 atom stereocenters. The number of nitrogens with zero attached hydrogens (tertiary/aromatic N) is 2. The molecular formula is C16H12BrN3O3. The Kier molecular flexibility index (Phi) is 3.87. The first kappa shape index (κ1) is 15.2. The number of hydrogen-bond donors (Lipinski definition) is 3. The molecule has 6 nitrogen and oxygen atoms in total. The minimum absolute atomic E-state index is 0.0273. The minimum atomic E-state index is -0.610. The Labute approximate surface area is 139 Å². The number of aromatic hydroxyl groups is 2. The van der Waals surface area contributed by atoms with Crippen LogP contribution in [-0.4, -0.2) is 21.1 Å². The standard InChI is InChI=1S/C16H12BrN3O3/c1-8-5-10(17)7-12-13(8)18-16(23)14(12)19-20-15(22)9-3-2-4-11(21)6-9/h2-7,18,21,23H,1H3. The molecule has 116 valence electrons. The fourth-order valence-electron chi connectivity index (χ4n) is 2.29. The highest BCUT2D eigenvalue weighted by atomic mass is 79.9. The van der Waals surface area contributed by atoms with Crippen molar-refractivity contribution in [3.8, 4) is 11.6 Å². The van der Waals surface area contributed by atoms with Crippen molar-refractivity contribution in [1.29, 1.82) is 0 Å². The Morgan fingerprint density at radius 1 is 1.22 bits per heavy atom. The summed E-state index contributed by atoms with van der Waals surface area (Å²) in [6, 6.07) is 9.51. The molecule has 0 saturated carbocycles. The molecule has 0 bridgehead atoms. The summed E-state index contributed by atoms with van der Waals surface area (Å²) < 4.78 is 0.831. The van der Waals surface area contributed by atoms with Crippen LogP contribution < -0.4 is 0 Å². The molecule has 0 fully saturated rings. The van der Waals surface area contributed by atoms with Crippen molar-refractivity contribution in [3.05, 3.63) is 52.0 Å². The Hall–Kier alpha value is -2.67. The number of phenols is 1. The molecule has 1 aromatic heterocycles. The number of aryl methyl sites for hydroxylation is 1. The third-order valence-corrected chi connectivity index (χ3v) is 3.81. The van der Waals surface area contributed by atoms with Crippen LogP contribution in [0.25, 0.3) is 10.9 Å². The average molecular weight is 374 g/mol. The summed E-state index contributed by atoms with van der Waals surface area (Å²) in [5, 5.41) is 27.5. The molecule has 0 spiro atoms. The number of amides is 1. The van der Waals surface area contributed by atoms with Gasteiger partial charge in [0.15, 0.2) is 5.69 Å². The van der Waals surface area contributed by atoms with E-state index in [9.17, 15) is 15.0 Å². The fourth-order valence-corrected chi connectivity index (χ4v) is 2.87. The number of aromatic amines is 1. The van der Waals surface area contributed by atoms with Crippen molar-refractivity contribution in [2.75, 3.05) is 0 Å². The van der Waals surface area contributed by atoms with Gasteiger partial charge in [0.05, 0.1) is 5.52 Å². The summed E-state index contributed by atoms with van der Waals surface area (Å²) in [6.07, 6.45) is 0. The molecule has 0 aliphatic rings. The lowest BCUT2D eigenvalue weighted by Gasteiger charge is -1.98. The molecule has 0 radical (unpaired) electrons. The van der Waals surface area contributed by atoms with Crippen LogP contribution in [0.2, 0.25) is 0 Å². The second-order valence-corrected chi connectivity index (χ2v) is 5.94. The molecule has 0 aliphatic carbocycles. The summed E-state index contributed by atoms with van der Waals surface area (Å²) >= 11 is 3.39. The summed E-state index contributed by atoms with van der Waals surface area (Å²) in [5.41, 5.74) is 2.05. The Bertz CT molecular complexity index is 947. The number of azo groups is 1. The monoisotopic (exact) mass is 373 g/mol. The number of hydrogen-bond acceptors (Lipinski definition) is 4. The zero-order valence-electron chi connectivity index (χ0n) is 12.0. The highest BCUT2D eigenvalue weighted by Gasteiger charge is 2.14. The summed E-state index contributed by atoms with van der Waals surface area (Å²) in [5.74, 6) is -0.796. The third-order valence-electron chi connectivity index (χ3n) is 3.36. The second kappa shape index (κ2) is 5.85. The van der Waals surface area contributed by atoms with E-state index in [1.807, 2.05) is 13.0 Å². The van der Waals surface area contributed by atoms with Crippen LogP contribution >= 0.6 is 15.9 Å². The number of halogens is 1. The molecule has 0 unspecified atom stereocenters. The van der Waals surface area contributed by atoms with Gasteiger partial charge in [-0.15, -0.1) is 10.2 Å². The van der Waals surface area contributed by atoms with Gasteiger partial charge in [-0.3, -0.25) is 4.79 Å². The van der Waals surface area contributed by atoms with Gasteiger partial charge in [0, 0.05) is 15.4 Å². The highest BCUT2D eigenvalue weighted by Crippen LogP contribution is 2.38. The molecule has 3 rings (SSSR count). The lowest BCUT2D eigenvalue weighted by molar-refractivity contribution is 0.0994. The largest absolute Gasteiger partial charge is 0.508 e. The number of benzene rings is 2. The SMILES string of the molecule is Cc1cc(Br)cc2c(N=NC(=O)c3cccc(O)c3)c(O)[nH]c12. The topological polar surface area (TPSA) is 98.0 Å². The van der Waals surface area contributed by atoms with Crippen molar-refractivity contribution in [3.63, 3.8) is 0 Å². The van der Waals surface area contributed by atoms with Crippen molar-refractivity contribution in [2.24, 2.45) is 10.2 Å². The van der Waals surface area contributed by atoms with E-state index in [-0.39, 0.29) is 22.9 Å². The first-order valence-electron chi connectivity index (χ1n) is 6.71. The minimum Gasteiger partial charge on any atom is -0.508 e. The molecule has 1 amide bonds. The Morgan fingerprint density at radius 3 is 2.74 bits per heavy atom. The van der Waals surface area contributed by atoms with E-state index in [0.29, 0.717) is 5.39 Å². The maximum atomic E-state index is 12.0. The number of carbonyl (C=O) groups is 1. The number of rotatable bonds is 2. The van der Waals surface area contributed by atoms with Gasteiger partial charge in [0.25, 0.3) is 5.91 Å². The molecule has 0 saturated heterocycles. The van der Waals surface area contributed by atoms with E-state index in [2.05, 4.69) is 31.1 Å². The van der Waals surface area contributed by atoms with Crippen LogP contribution in [0, 0.1) is 6.92 Å². The lowest BCUT2D eigenvalue weighted by Crippen LogP contribution is -1.92. The number of phenolic OH excluding ortho intramolecular Hbond substituents is 1. The molecule has 3 N–H and O–H groups in total. The molecule has 7 heteroatoms. The van der Waals surface area contributed by atoms with Crippen LogP contribution in [0.5, 0.6) is 11.6 Å². The van der Waals surface area contributed by atoms with Gasteiger partial charge in [0.1, 0.15) is 5.75 Å². The van der Waals surface area contributed by atoms with Gasteiger partial charge in [0.2, 0.25) is 5.88 Å². The van der Waals surface area contributed by atoms with Crippen LogP contribution in [0.15, 0.2) is 51.1 Å². The maximum Gasteiger partial charge on any atom is 0.295 e. The summed E-state index contributed by atoms with van der Waals surface area (Å²) in [7, 11) is 0. The average Bonchev–Trinajstić information content (AvgIpc) is 2.81. The zero-order valence-corrected chi connectivity index (χ0v) is 13.6. The molecule has 3 aromatic rings. The maximum absolute atomic E-state index is 12.0. The summed E-state index contributed by atoms with van der Waals surface area (Å²) in [4.78, 5) is 14.8. The normalized spacial score (nSPS) is 11.4. The van der Waals surface area contributed by atoms with Gasteiger partial charge >= 0.3 is 0 Å². The van der Waals surface area contributed by atoms with Gasteiger partial charge < -0.3 is 15.2 Å². The number of H-pyrrole nitrogens is 1. The molecule has 23 heavy (non-hydrogen) atoms. The molecule has 1 heterocycles. The second-order valence-electron chi connectivity index (χ2n) is 5.02. The number of aromatic nitrogens is 1. The predicted octanol–water partition coefficient (Wildman–Crippen LogP) is 4.57. The van der Waals surface area contributed by atoms with E-state index < -0.39 is 5.91 Å². The van der Waals surface area contributed by atoms with E-state index in [0.717, 1.165) is 15.6 Å². The quantitative estimate of drug-likeness (QED) is 0.573. The molecule has 2 aromatic carbocycles. The van der Waals surface area contributed by atoms with E-state index in [1.54, 1.807) is 12.1 Å². The number of carbonyl (C=O) groups excluding carboxylic acids is 1. The van der Waals surface area contributed by atoms with Crippen LogP contribution in [-0.2, 0) is 0 Å². The lowest BCUT2D eigenvalue weighted by atomic mass is 10.1.